The van der Waals surface area contributed by atoms with Crippen LogP contribution in [0.4, 0.5) is 0 Å². The van der Waals surface area contributed by atoms with Crippen LogP contribution in [0.25, 0.3) is 0 Å². The van der Waals surface area contributed by atoms with Crippen LogP contribution in [-0.2, 0) is 4.79 Å². The number of aryl methyl sites for hydroxylation is 1. The number of phenolic OH excluding ortho intramolecular Hbond substituents is 2. The van der Waals surface area contributed by atoms with E-state index in [1.165, 1.54) is 24.4 Å². The molecule has 0 aliphatic rings. The first kappa shape index (κ1) is 15.4. The molecule has 114 valence electrons. The summed E-state index contributed by atoms with van der Waals surface area (Å²) in [5.74, 6) is 0.104. The highest BCUT2D eigenvalue weighted by molar-refractivity contribution is 5.85. The molecule has 0 aliphatic heterocycles. The van der Waals surface area contributed by atoms with Gasteiger partial charge in [-0.15, -0.1) is 0 Å². The molecule has 0 bridgehead atoms. The van der Waals surface area contributed by atoms with E-state index in [4.69, 9.17) is 4.74 Å². The summed E-state index contributed by atoms with van der Waals surface area (Å²) in [6, 6.07) is 11.3. The second kappa shape index (κ2) is 7.12. The summed E-state index contributed by atoms with van der Waals surface area (Å²) in [5.41, 5.74) is 3.67. The first-order valence-electron chi connectivity index (χ1n) is 6.58. The molecule has 0 atom stereocenters. The summed E-state index contributed by atoms with van der Waals surface area (Å²) < 4.78 is 5.29. The SMILES string of the molecule is Cc1ccc(OCC(=O)N/N=C/c2cc(O)ccc2O)cc1. The summed E-state index contributed by atoms with van der Waals surface area (Å²) >= 11 is 0. The number of hydrogen-bond donors (Lipinski definition) is 3. The number of amides is 1. The number of carbonyl (C=O) groups is 1. The molecule has 0 saturated carbocycles. The number of hydrogen-bond acceptors (Lipinski definition) is 5. The van der Waals surface area contributed by atoms with Gasteiger partial charge < -0.3 is 14.9 Å². The van der Waals surface area contributed by atoms with E-state index in [1.54, 1.807) is 12.1 Å². The molecule has 6 heteroatoms. The molecule has 0 aliphatic carbocycles. The van der Waals surface area contributed by atoms with Crippen molar-refractivity contribution in [3.8, 4) is 17.2 Å². The third-order valence-corrected chi connectivity index (χ3v) is 2.79. The third kappa shape index (κ3) is 4.52. The van der Waals surface area contributed by atoms with Gasteiger partial charge in [0.05, 0.1) is 6.21 Å². The highest BCUT2D eigenvalue weighted by Crippen LogP contribution is 2.19. The van der Waals surface area contributed by atoms with Gasteiger partial charge in [-0.3, -0.25) is 4.79 Å². The van der Waals surface area contributed by atoms with E-state index in [1.807, 2.05) is 19.1 Å². The van der Waals surface area contributed by atoms with E-state index in [9.17, 15) is 15.0 Å². The van der Waals surface area contributed by atoms with E-state index in [0.717, 1.165) is 5.56 Å². The Hall–Kier alpha value is -3.02. The highest BCUT2D eigenvalue weighted by Gasteiger charge is 2.02. The van der Waals surface area contributed by atoms with Crippen LogP contribution in [-0.4, -0.2) is 28.9 Å². The van der Waals surface area contributed by atoms with Crippen molar-refractivity contribution in [2.45, 2.75) is 6.92 Å². The molecule has 0 fully saturated rings. The summed E-state index contributed by atoms with van der Waals surface area (Å²) in [5, 5.41) is 22.5. The van der Waals surface area contributed by atoms with Gasteiger partial charge in [0.15, 0.2) is 6.61 Å². The summed E-state index contributed by atoms with van der Waals surface area (Å²) in [6.07, 6.45) is 1.23. The van der Waals surface area contributed by atoms with Gasteiger partial charge >= 0.3 is 0 Å². The number of rotatable bonds is 5. The van der Waals surface area contributed by atoms with Crippen LogP contribution < -0.4 is 10.2 Å². The minimum atomic E-state index is -0.434. The maximum atomic E-state index is 11.6. The number of nitrogens with zero attached hydrogens (tertiary/aromatic N) is 1. The fourth-order valence-electron chi connectivity index (χ4n) is 1.63. The van der Waals surface area contributed by atoms with Crippen molar-refractivity contribution in [2.24, 2.45) is 5.10 Å². The van der Waals surface area contributed by atoms with Gasteiger partial charge in [0.1, 0.15) is 17.2 Å². The lowest BCUT2D eigenvalue weighted by Gasteiger charge is -2.05. The Kier molecular flexibility index (Phi) is 4.98. The number of nitrogens with one attached hydrogen (secondary N) is 1. The molecule has 0 aromatic heterocycles. The molecule has 3 N–H and O–H groups in total. The van der Waals surface area contributed by atoms with Crippen molar-refractivity contribution in [3.63, 3.8) is 0 Å². The van der Waals surface area contributed by atoms with E-state index < -0.39 is 5.91 Å². The van der Waals surface area contributed by atoms with E-state index in [-0.39, 0.29) is 18.1 Å². The van der Waals surface area contributed by atoms with Crippen LogP contribution >= 0.6 is 0 Å². The molecule has 0 unspecified atom stereocenters. The van der Waals surface area contributed by atoms with Crippen LogP contribution in [0.1, 0.15) is 11.1 Å². The molecule has 0 radical (unpaired) electrons. The molecule has 0 heterocycles. The lowest BCUT2D eigenvalue weighted by molar-refractivity contribution is -0.123. The average molecular weight is 300 g/mol. The Morgan fingerprint density at radius 1 is 1.23 bits per heavy atom. The Balaban J connectivity index is 1.83. The number of phenols is 2. The van der Waals surface area contributed by atoms with Gasteiger partial charge in [0.25, 0.3) is 5.91 Å². The molecular formula is C16H16N2O4. The molecular weight excluding hydrogens is 284 g/mol. The molecule has 2 rings (SSSR count). The van der Waals surface area contributed by atoms with E-state index in [2.05, 4.69) is 10.5 Å². The van der Waals surface area contributed by atoms with Crippen LogP contribution in [0.15, 0.2) is 47.6 Å². The first-order valence-corrected chi connectivity index (χ1v) is 6.58. The monoisotopic (exact) mass is 300 g/mol. The second-order valence-corrected chi connectivity index (χ2v) is 4.64. The van der Waals surface area contributed by atoms with Crippen LogP contribution in [0.5, 0.6) is 17.2 Å². The summed E-state index contributed by atoms with van der Waals surface area (Å²) in [4.78, 5) is 11.6. The Labute approximate surface area is 127 Å². The topological polar surface area (TPSA) is 91.2 Å². The molecule has 2 aromatic carbocycles. The fourth-order valence-corrected chi connectivity index (χ4v) is 1.63. The lowest BCUT2D eigenvalue weighted by Crippen LogP contribution is -2.24. The first-order chi connectivity index (χ1) is 10.5. The van der Waals surface area contributed by atoms with Crippen LogP contribution in [0.2, 0.25) is 0 Å². The lowest BCUT2D eigenvalue weighted by atomic mass is 10.2. The molecule has 1 amide bonds. The molecule has 0 spiro atoms. The molecule has 0 saturated heterocycles. The zero-order valence-corrected chi connectivity index (χ0v) is 12.0. The fraction of sp³-hybridized carbons (Fsp3) is 0.125. The minimum Gasteiger partial charge on any atom is -0.508 e. The van der Waals surface area contributed by atoms with Crippen molar-refractivity contribution < 1.29 is 19.7 Å². The standard InChI is InChI=1S/C16H16N2O4/c1-11-2-5-14(6-3-11)22-10-16(21)18-17-9-12-8-13(19)4-7-15(12)20/h2-9,19-20H,10H2,1H3,(H,18,21)/b17-9+. The Bertz CT molecular complexity index is 681. The normalized spacial score (nSPS) is 10.6. The molecule has 6 nitrogen and oxygen atoms in total. The highest BCUT2D eigenvalue weighted by atomic mass is 16.5. The van der Waals surface area contributed by atoms with Crippen LogP contribution in [0, 0.1) is 6.92 Å². The number of benzene rings is 2. The van der Waals surface area contributed by atoms with Crippen molar-refractivity contribution in [1.82, 2.24) is 5.43 Å². The van der Waals surface area contributed by atoms with Crippen molar-refractivity contribution in [1.29, 1.82) is 0 Å². The number of hydrazone groups is 1. The zero-order chi connectivity index (χ0) is 15.9. The van der Waals surface area contributed by atoms with Crippen LogP contribution in [0.3, 0.4) is 0 Å². The Morgan fingerprint density at radius 3 is 2.68 bits per heavy atom. The van der Waals surface area contributed by atoms with Gasteiger partial charge in [-0.1, -0.05) is 17.7 Å². The molecule has 22 heavy (non-hydrogen) atoms. The molecule has 2 aromatic rings. The third-order valence-electron chi connectivity index (χ3n) is 2.79. The van der Waals surface area contributed by atoms with Crippen molar-refractivity contribution >= 4 is 12.1 Å². The van der Waals surface area contributed by atoms with Gasteiger partial charge in [-0.25, -0.2) is 5.43 Å². The minimum absolute atomic E-state index is 0.00622. The zero-order valence-electron chi connectivity index (χ0n) is 12.0. The van der Waals surface area contributed by atoms with E-state index in [0.29, 0.717) is 11.3 Å². The predicted molar refractivity (Wildman–Crippen MR) is 82.2 cm³/mol. The summed E-state index contributed by atoms with van der Waals surface area (Å²) in [7, 11) is 0. The number of ether oxygens (including phenoxy) is 1. The maximum absolute atomic E-state index is 11.6. The van der Waals surface area contributed by atoms with Crippen molar-refractivity contribution in [2.75, 3.05) is 6.61 Å². The Morgan fingerprint density at radius 2 is 1.95 bits per heavy atom. The number of carbonyl (C=O) groups excluding carboxylic acids is 1. The second-order valence-electron chi connectivity index (χ2n) is 4.64. The van der Waals surface area contributed by atoms with E-state index >= 15 is 0 Å². The number of aromatic hydroxyl groups is 2. The van der Waals surface area contributed by atoms with Gasteiger partial charge in [0, 0.05) is 5.56 Å². The van der Waals surface area contributed by atoms with Gasteiger partial charge in [-0.2, -0.15) is 5.10 Å². The van der Waals surface area contributed by atoms with Gasteiger partial charge in [0.2, 0.25) is 0 Å². The van der Waals surface area contributed by atoms with Crippen molar-refractivity contribution in [3.05, 3.63) is 53.6 Å². The largest absolute Gasteiger partial charge is 0.508 e. The quantitative estimate of drug-likeness (QED) is 0.447. The average Bonchev–Trinajstić information content (AvgIpc) is 2.50. The van der Waals surface area contributed by atoms with Gasteiger partial charge in [-0.05, 0) is 37.3 Å². The predicted octanol–water partition coefficient (Wildman–Crippen LogP) is 1.94. The summed E-state index contributed by atoms with van der Waals surface area (Å²) in [6.45, 7) is 1.79. The smallest absolute Gasteiger partial charge is 0.277 e. The maximum Gasteiger partial charge on any atom is 0.277 e.